The van der Waals surface area contributed by atoms with E-state index < -0.39 is 0 Å². The van der Waals surface area contributed by atoms with Gasteiger partial charge >= 0.3 is 0 Å². The van der Waals surface area contributed by atoms with Crippen molar-refractivity contribution < 1.29 is 9.47 Å². The first-order valence-electron chi connectivity index (χ1n) is 10.5. The van der Waals surface area contributed by atoms with Gasteiger partial charge in [0.25, 0.3) is 0 Å². The number of aryl methyl sites for hydroxylation is 1. The van der Waals surface area contributed by atoms with Crippen LogP contribution in [0.4, 0.5) is 0 Å². The summed E-state index contributed by atoms with van der Waals surface area (Å²) in [5.41, 5.74) is 5.19. The Morgan fingerprint density at radius 3 is 2.57 bits per heavy atom. The Labute approximate surface area is 185 Å². The molecule has 0 spiro atoms. The maximum absolute atomic E-state index is 5.60. The molecule has 162 valence electrons. The molecule has 30 heavy (non-hydrogen) atoms. The van der Waals surface area contributed by atoms with E-state index >= 15 is 0 Å². The van der Waals surface area contributed by atoms with Crippen molar-refractivity contribution in [1.82, 2.24) is 15.5 Å². The van der Waals surface area contributed by atoms with Crippen LogP contribution in [-0.4, -0.2) is 43.4 Å². The Hall–Kier alpha value is -2.31. The molecule has 2 N–H and O–H groups in total. The minimum atomic E-state index is 0.181. The SMILES string of the molecule is COc1cc2c(cc1OC)C(CNC(=S)NC(C)C)N(Cc1cccc(C)c1)CC2. The monoisotopic (exact) mass is 427 g/mol. The van der Waals surface area contributed by atoms with Crippen LogP contribution in [0, 0.1) is 6.92 Å². The molecule has 1 aliphatic heterocycles. The van der Waals surface area contributed by atoms with Crippen molar-refractivity contribution in [2.75, 3.05) is 27.3 Å². The molecule has 3 rings (SSSR count). The molecule has 0 saturated heterocycles. The van der Waals surface area contributed by atoms with E-state index in [4.69, 9.17) is 21.7 Å². The van der Waals surface area contributed by atoms with Crippen molar-refractivity contribution in [3.63, 3.8) is 0 Å². The Bertz CT molecular complexity index is 885. The van der Waals surface area contributed by atoms with Gasteiger partial charge in [-0.25, -0.2) is 0 Å². The first-order valence-corrected chi connectivity index (χ1v) is 10.9. The Morgan fingerprint density at radius 2 is 1.90 bits per heavy atom. The molecule has 2 aromatic carbocycles. The quantitative estimate of drug-likeness (QED) is 0.652. The molecular weight excluding hydrogens is 394 g/mol. The van der Waals surface area contributed by atoms with Gasteiger partial charge in [0.2, 0.25) is 0 Å². The van der Waals surface area contributed by atoms with Crippen molar-refractivity contribution in [3.05, 3.63) is 58.7 Å². The smallest absolute Gasteiger partial charge is 0.166 e. The standard InChI is InChI=1S/C24H33N3O2S/c1-16(2)26-24(30)25-14-21-20-13-23(29-5)22(28-4)12-19(20)9-10-27(21)15-18-8-6-7-17(3)11-18/h6-8,11-13,16,21H,9-10,14-15H2,1-5H3,(H2,25,26,30). The van der Waals surface area contributed by atoms with E-state index in [2.05, 4.69) is 72.7 Å². The van der Waals surface area contributed by atoms with Crippen LogP contribution < -0.4 is 20.1 Å². The van der Waals surface area contributed by atoms with Crippen LogP contribution in [0.5, 0.6) is 11.5 Å². The van der Waals surface area contributed by atoms with E-state index in [1.165, 1.54) is 22.3 Å². The molecule has 0 fully saturated rings. The normalized spacial score (nSPS) is 16.1. The molecule has 0 saturated carbocycles. The number of thiocarbonyl (C=S) groups is 1. The maximum atomic E-state index is 5.60. The van der Waals surface area contributed by atoms with Crippen LogP contribution in [0.2, 0.25) is 0 Å². The number of nitrogens with one attached hydrogen (secondary N) is 2. The lowest BCUT2D eigenvalue weighted by Gasteiger charge is -2.38. The van der Waals surface area contributed by atoms with Gasteiger partial charge in [-0.15, -0.1) is 0 Å². The highest BCUT2D eigenvalue weighted by Crippen LogP contribution is 2.38. The zero-order chi connectivity index (χ0) is 21.7. The van der Waals surface area contributed by atoms with Gasteiger partial charge in [0.1, 0.15) is 0 Å². The summed E-state index contributed by atoms with van der Waals surface area (Å²) in [5.74, 6) is 1.55. The van der Waals surface area contributed by atoms with Crippen LogP contribution in [0.15, 0.2) is 36.4 Å². The van der Waals surface area contributed by atoms with Crippen LogP contribution in [0.3, 0.4) is 0 Å². The number of nitrogens with zero attached hydrogens (tertiary/aromatic N) is 1. The van der Waals surface area contributed by atoms with Crippen LogP contribution >= 0.6 is 12.2 Å². The van der Waals surface area contributed by atoms with Gasteiger partial charge in [-0.1, -0.05) is 29.8 Å². The van der Waals surface area contributed by atoms with Gasteiger partial charge in [-0.05, 0) is 68.2 Å². The molecule has 0 bridgehead atoms. The second kappa shape index (κ2) is 10.1. The van der Waals surface area contributed by atoms with E-state index in [0.717, 1.165) is 37.6 Å². The first-order chi connectivity index (χ1) is 14.4. The van der Waals surface area contributed by atoms with Gasteiger partial charge in [0.05, 0.1) is 20.3 Å². The number of hydrogen-bond acceptors (Lipinski definition) is 4. The molecule has 1 heterocycles. The molecule has 6 heteroatoms. The molecule has 1 atom stereocenters. The average molecular weight is 428 g/mol. The van der Waals surface area contributed by atoms with Crippen molar-refractivity contribution in [2.24, 2.45) is 0 Å². The number of methoxy groups -OCH3 is 2. The van der Waals surface area contributed by atoms with Crippen LogP contribution in [0.25, 0.3) is 0 Å². The summed E-state index contributed by atoms with van der Waals surface area (Å²) in [7, 11) is 3.37. The van der Waals surface area contributed by atoms with E-state index in [9.17, 15) is 0 Å². The summed E-state index contributed by atoms with van der Waals surface area (Å²) < 4.78 is 11.1. The number of fused-ring (bicyclic) bond motifs is 1. The van der Waals surface area contributed by atoms with Gasteiger partial charge in [0, 0.05) is 25.7 Å². The zero-order valence-electron chi connectivity index (χ0n) is 18.6. The van der Waals surface area contributed by atoms with Crippen LogP contribution in [-0.2, 0) is 13.0 Å². The lowest BCUT2D eigenvalue weighted by Crippen LogP contribution is -2.45. The summed E-state index contributed by atoms with van der Waals surface area (Å²) in [4.78, 5) is 2.52. The van der Waals surface area contributed by atoms with Gasteiger partial charge in [0.15, 0.2) is 16.6 Å². The van der Waals surface area contributed by atoms with Gasteiger partial charge < -0.3 is 20.1 Å². The summed E-state index contributed by atoms with van der Waals surface area (Å²) >= 11 is 5.49. The molecule has 0 aromatic heterocycles. The predicted octanol–water partition coefficient (Wildman–Crippen LogP) is 3.98. The summed E-state index contributed by atoms with van der Waals surface area (Å²) in [6.07, 6.45) is 0.979. The highest BCUT2D eigenvalue weighted by Gasteiger charge is 2.29. The molecular formula is C24H33N3O2S. The minimum absolute atomic E-state index is 0.181. The third kappa shape index (κ3) is 5.43. The molecule has 1 unspecified atom stereocenters. The highest BCUT2D eigenvalue weighted by molar-refractivity contribution is 7.80. The number of benzene rings is 2. The highest BCUT2D eigenvalue weighted by atomic mass is 32.1. The second-order valence-corrected chi connectivity index (χ2v) is 8.55. The molecule has 1 aliphatic rings. The summed E-state index contributed by atoms with van der Waals surface area (Å²) in [6.45, 7) is 8.92. The Balaban J connectivity index is 1.89. The average Bonchev–Trinajstić information content (AvgIpc) is 2.71. The molecule has 5 nitrogen and oxygen atoms in total. The largest absolute Gasteiger partial charge is 0.493 e. The number of hydrogen-bond donors (Lipinski definition) is 2. The van der Waals surface area contributed by atoms with E-state index in [1.807, 2.05) is 0 Å². The predicted molar refractivity (Wildman–Crippen MR) is 126 cm³/mol. The minimum Gasteiger partial charge on any atom is -0.493 e. The maximum Gasteiger partial charge on any atom is 0.166 e. The molecule has 0 radical (unpaired) electrons. The lowest BCUT2D eigenvalue weighted by atomic mass is 9.91. The first kappa shape index (κ1) is 22.4. The summed E-state index contributed by atoms with van der Waals surface area (Å²) in [6, 6.07) is 13.5. The van der Waals surface area contributed by atoms with Gasteiger partial charge in [-0.2, -0.15) is 0 Å². The second-order valence-electron chi connectivity index (χ2n) is 8.14. The fourth-order valence-electron chi connectivity index (χ4n) is 4.06. The van der Waals surface area contributed by atoms with Crippen LogP contribution in [0.1, 0.15) is 42.1 Å². The Kier molecular flexibility index (Phi) is 7.56. The van der Waals surface area contributed by atoms with E-state index in [-0.39, 0.29) is 6.04 Å². The third-order valence-corrected chi connectivity index (χ3v) is 5.72. The number of rotatable bonds is 7. The summed E-state index contributed by atoms with van der Waals surface area (Å²) in [5, 5.41) is 7.39. The third-order valence-electron chi connectivity index (χ3n) is 5.46. The topological polar surface area (TPSA) is 45.8 Å². The lowest BCUT2D eigenvalue weighted by molar-refractivity contribution is 0.176. The van der Waals surface area contributed by atoms with Crippen molar-refractivity contribution in [1.29, 1.82) is 0 Å². The molecule has 0 amide bonds. The van der Waals surface area contributed by atoms with E-state index in [0.29, 0.717) is 11.2 Å². The fraction of sp³-hybridized carbons (Fsp3) is 0.458. The van der Waals surface area contributed by atoms with Crippen molar-refractivity contribution in [3.8, 4) is 11.5 Å². The zero-order valence-corrected chi connectivity index (χ0v) is 19.4. The Morgan fingerprint density at radius 1 is 1.17 bits per heavy atom. The fourth-order valence-corrected chi connectivity index (χ4v) is 4.38. The number of ether oxygens (including phenoxy) is 2. The van der Waals surface area contributed by atoms with Crippen molar-refractivity contribution in [2.45, 2.75) is 45.8 Å². The van der Waals surface area contributed by atoms with Crippen molar-refractivity contribution >= 4 is 17.3 Å². The van der Waals surface area contributed by atoms with E-state index in [1.54, 1.807) is 14.2 Å². The molecule has 0 aliphatic carbocycles. The van der Waals surface area contributed by atoms with Gasteiger partial charge in [-0.3, -0.25) is 4.90 Å². The molecule has 2 aromatic rings.